The molecule has 94 valence electrons. The first-order valence-electron chi connectivity index (χ1n) is 5.54. The van der Waals surface area contributed by atoms with Crippen molar-refractivity contribution in [3.05, 3.63) is 29.3 Å². The van der Waals surface area contributed by atoms with E-state index in [1.165, 1.54) is 6.92 Å². The molecule has 0 saturated carbocycles. The zero-order chi connectivity index (χ0) is 12.8. The summed E-state index contributed by atoms with van der Waals surface area (Å²) in [6.45, 7) is 6.12. The van der Waals surface area contributed by atoms with Crippen LogP contribution >= 0.6 is 0 Å². The van der Waals surface area contributed by atoms with Crippen molar-refractivity contribution in [3.63, 3.8) is 0 Å². The highest BCUT2D eigenvalue weighted by molar-refractivity contribution is 5.71. The van der Waals surface area contributed by atoms with E-state index in [1.54, 1.807) is 0 Å². The summed E-state index contributed by atoms with van der Waals surface area (Å²) in [5.41, 5.74) is 2.28. The lowest BCUT2D eigenvalue weighted by atomic mass is 10.1. The van der Waals surface area contributed by atoms with Crippen molar-refractivity contribution in [1.29, 1.82) is 0 Å². The van der Waals surface area contributed by atoms with E-state index >= 15 is 0 Å². The number of carbonyl (C=O) groups is 1. The fraction of sp³-hybridized carbons (Fsp3) is 0.462. The summed E-state index contributed by atoms with van der Waals surface area (Å²) in [4.78, 5) is 10.5. The Labute approximate surface area is 101 Å². The smallest absolute Gasteiger partial charge is 0.332 e. The van der Waals surface area contributed by atoms with Crippen LogP contribution in [0.4, 0.5) is 0 Å². The molecule has 17 heavy (non-hydrogen) atoms. The number of rotatable bonds is 6. The number of ether oxygens (including phenoxy) is 2. The number of aliphatic carboxylic acids is 1. The van der Waals surface area contributed by atoms with Gasteiger partial charge in [-0.2, -0.15) is 0 Å². The first-order valence-corrected chi connectivity index (χ1v) is 5.54. The number of aryl methyl sites for hydroxylation is 2. The highest BCUT2D eigenvalue weighted by Gasteiger charge is 2.10. The SMILES string of the molecule is Cc1cc(C)cc(OCCOC(C)C(=O)O)c1. The van der Waals surface area contributed by atoms with Gasteiger partial charge in [-0.15, -0.1) is 0 Å². The molecule has 4 heteroatoms. The third-order valence-electron chi connectivity index (χ3n) is 2.26. The van der Waals surface area contributed by atoms with E-state index in [0.717, 1.165) is 16.9 Å². The Balaban J connectivity index is 2.33. The zero-order valence-corrected chi connectivity index (χ0v) is 10.4. The Morgan fingerprint density at radius 1 is 1.24 bits per heavy atom. The van der Waals surface area contributed by atoms with Gasteiger partial charge in [-0.25, -0.2) is 4.79 Å². The first-order chi connectivity index (χ1) is 7.99. The second-order valence-corrected chi connectivity index (χ2v) is 4.02. The van der Waals surface area contributed by atoms with Crippen LogP contribution in [0.3, 0.4) is 0 Å². The standard InChI is InChI=1S/C13H18O4/c1-9-6-10(2)8-12(7-9)17-5-4-16-11(3)13(14)15/h6-8,11H,4-5H2,1-3H3,(H,14,15). The lowest BCUT2D eigenvalue weighted by molar-refractivity contribution is -0.149. The number of hydrogen-bond donors (Lipinski definition) is 1. The minimum atomic E-state index is -0.962. The zero-order valence-electron chi connectivity index (χ0n) is 10.4. The van der Waals surface area contributed by atoms with Gasteiger partial charge in [0.2, 0.25) is 0 Å². The van der Waals surface area contributed by atoms with Crippen molar-refractivity contribution in [3.8, 4) is 5.75 Å². The van der Waals surface area contributed by atoms with E-state index in [-0.39, 0.29) is 6.61 Å². The molecule has 0 saturated heterocycles. The molecule has 0 aliphatic rings. The largest absolute Gasteiger partial charge is 0.491 e. The lowest BCUT2D eigenvalue weighted by Gasteiger charge is -2.10. The summed E-state index contributed by atoms with van der Waals surface area (Å²) >= 11 is 0. The molecule has 0 fully saturated rings. The highest BCUT2D eigenvalue weighted by atomic mass is 16.5. The minimum absolute atomic E-state index is 0.264. The van der Waals surface area contributed by atoms with Gasteiger partial charge in [-0.3, -0.25) is 0 Å². The minimum Gasteiger partial charge on any atom is -0.491 e. The third-order valence-corrected chi connectivity index (χ3v) is 2.26. The average Bonchev–Trinajstić information content (AvgIpc) is 2.22. The molecule has 0 amide bonds. The van der Waals surface area contributed by atoms with Crippen molar-refractivity contribution in [2.45, 2.75) is 26.9 Å². The van der Waals surface area contributed by atoms with Gasteiger partial charge >= 0.3 is 5.97 Å². The molecule has 0 spiro atoms. The van der Waals surface area contributed by atoms with Crippen LogP contribution in [0, 0.1) is 13.8 Å². The highest BCUT2D eigenvalue weighted by Crippen LogP contribution is 2.15. The van der Waals surface area contributed by atoms with E-state index in [0.29, 0.717) is 6.61 Å². The Bertz CT molecular complexity index is 367. The molecule has 0 aromatic heterocycles. The molecule has 0 heterocycles. The monoisotopic (exact) mass is 238 g/mol. The molecule has 1 aromatic carbocycles. The molecule has 0 radical (unpaired) electrons. The fourth-order valence-electron chi connectivity index (χ4n) is 1.47. The van der Waals surface area contributed by atoms with Gasteiger partial charge in [0.05, 0.1) is 6.61 Å². The molecule has 1 unspecified atom stereocenters. The van der Waals surface area contributed by atoms with E-state index in [2.05, 4.69) is 6.07 Å². The number of carboxylic acid groups (broad SMARTS) is 1. The predicted molar refractivity (Wildman–Crippen MR) is 64.5 cm³/mol. The molecule has 1 rings (SSSR count). The van der Waals surface area contributed by atoms with Crippen LogP contribution in [0.1, 0.15) is 18.1 Å². The van der Waals surface area contributed by atoms with Crippen molar-refractivity contribution in [2.75, 3.05) is 13.2 Å². The normalized spacial score (nSPS) is 12.2. The van der Waals surface area contributed by atoms with Gasteiger partial charge in [-0.05, 0) is 44.0 Å². The van der Waals surface area contributed by atoms with Gasteiger partial charge in [0.25, 0.3) is 0 Å². The number of hydrogen-bond acceptors (Lipinski definition) is 3. The molecular formula is C13H18O4. The van der Waals surface area contributed by atoms with Crippen molar-refractivity contribution in [2.24, 2.45) is 0 Å². The van der Waals surface area contributed by atoms with Gasteiger partial charge in [-0.1, -0.05) is 6.07 Å². The average molecular weight is 238 g/mol. The summed E-state index contributed by atoms with van der Waals surface area (Å²) in [7, 11) is 0. The Morgan fingerprint density at radius 2 is 1.82 bits per heavy atom. The van der Waals surface area contributed by atoms with Crippen LogP contribution in [0.15, 0.2) is 18.2 Å². The molecule has 0 bridgehead atoms. The van der Waals surface area contributed by atoms with E-state index in [9.17, 15) is 4.79 Å². The van der Waals surface area contributed by atoms with Crippen LogP contribution < -0.4 is 4.74 Å². The van der Waals surface area contributed by atoms with Crippen LogP contribution in [-0.2, 0) is 9.53 Å². The molecule has 0 aliphatic carbocycles. The third kappa shape index (κ3) is 4.87. The van der Waals surface area contributed by atoms with Crippen molar-refractivity contribution in [1.82, 2.24) is 0 Å². The molecular weight excluding hydrogens is 220 g/mol. The quantitative estimate of drug-likeness (QED) is 0.772. The number of benzene rings is 1. The first kappa shape index (κ1) is 13.5. The second kappa shape index (κ2) is 6.25. The molecule has 1 N–H and O–H groups in total. The van der Waals surface area contributed by atoms with Crippen molar-refractivity contribution >= 4 is 5.97 Å². The maximum atomic E-state index is 10.5. The molecule has 0 aliphatic heterocycles. The second-order valence-electron chi connectivity index (χ2n) is 4.02. The van der Waals surface area contributed by atoms with Gasteiger partial charge in [0.15, 0.2) is 6.10 Å². The van der Waals surface area contributed by atoms with Crippen molar-refractivity contribution < 1.29 is 19.4 Å². The predicted octanol–water partition coefficient (Wildman–Crippen LogP) is 2.17. The Kier molecular flexibility index (Phi) is 4.97. The molecule has 1 atom stereocenters. The van der Waals surface area contributed by atoms with Crippen LogP contribution in [0.5, 0.6) is 5.75 Å². The summed E-state index contributed by atoms with van der Waals surface area (Å²) in [6, 6.07) is 5.94. The van der Waals surface area contributed by atoms with Crippen LogP contribution in [0.2, 0.25) is 0 Å². The summed E-state index contributed by atoms with van der Waals surface area (Å²) in [5, 5.41) is 8.61. The van der Waals surface area contributed by atoms with Gasteiger partial charge in [0, 0.05) is 0 Å². The Morgan fingerprint density at radius 3 is 2.35 bits per heavy atom. The van der Waals surface area contributed by atoms with E-state index in [1.807, 2.05) is 26.0 Å². The topological polar surface area (TPSA) is 55.8 Å². The molecule has 4 nitrogen and oxygen atoms in total. The molecule has 1 aromatic rings. The fourth-order valence-corrected chi connectivity index (χ4v) is 1.47. The van der Waals surface area contributed by atoms with Crippen LogP contribution in [0.25, 0.3) is 0 Å². The van der Waals surface area contributed by atoms with Gasteiger partial charge in [0.1, 0.15) is 12.4 Å². The summed E-state index contributed by atoms with van der Waals surface area (Å²) in [5.74, 6) is -0.175. The maximum absolute atomic E-state index is 10.5. The lowest BCUT2D eigenvalue weighted by Crippen LogP contribution is -2.22. The number of carboxylic acids is 1. The maximum Gasteiger partial charge on any atom is 0.332 e. The summed E-state index contributed by atoms with van der Waals surface area (Å²) in [6.07, 6.45) is -0.794. The van der Waals surface area contributed by atoms with E-state index < -0.39 is 12.1 Å². The van der Waals surface area contributed by atoms with E-state index in [4.69, 9.17) is 14.6 Å². The van der Waals surface area contributed by atoms with Gasteiger partial charge < -0.3 is 14.6 Å². The van der Waals surface area contributed by atoms with Crippen LogP contribution in [-0.4, -0.2) is 30.4 Å². The Hall–Kier alpha value is -1.55. The summed E-state index contributed by atoms with van der Waals surface area (Å²) < 4.78 is 10.5.